The third kappa shape index (κ3) is 12.0. The molecule has 8 aliphatic rings. The maximum absolute atomic E-state index is 15.2. The van der Waals surface area contributed by atoms with Crippen molar-refractivity contribution < 1.29 is 48.1 Å². The van der Waals surface area contributed by atoms with Gasteiger partial charge in [0.2, 0.25) is 23.6 Å². The molecule has 6 saturated heterocycles. The van der Waals surface area contributed by atoms with Crippen molar-refractivity contribution in [3.05, 3.63) is 92.3 Å². The number of ether oxygens (including phenoxy) is 2. The molecule has 0 bridgehead atoms. The predicted octanol–water partition coefficient (Wildman–Crippen LogP) is 5.72. The van der Waals surface area contributed by atoms with Crippen molar-refractivity contribution in [1.82, 2.24) is 55.1 Å². The topological polar surface area (TPSA) is 250 Å². The van der Waals surface area contributed by atoms with E-state index in [1.54, 1.807) is 57.6 Å². The molecule has 0 aromatic carbocycles. The van der Waals surface area contributed by atoms with Crippen LogP contribution in [0.15, 0.2) is 59.8 Å². The lowest BCUT2D eigenvalue weighted by molar-refractivity contribution is -0.159. The van der Waals surface area contributed by atoms with Crippen molar-refractivity contribution in [2.45, 2.75) is 116 Å². The van der Waals surface area contributed by atoms with Crippen molar-refractivity contribution in [2.24, 2.45) is 51.2 Å². The normalized spacial score (nSPS) is 24.5. The number of pyridine rings is 2. The molecule has 12 rings (SSSR count). The number of aliphatic hydroxyl groups is 1. The van der Waals surface area contributed by atoms with Crippen molar-refractivity contribution in [2.75, 3.05) is 92.4 Å². The number of rotatable bonds is 18. The number of nitrogens with zero attached hydrogens (tertiary/aromatic N) is 9. The molecule has 7 amide bonds. The molecule has 3 N–H and O–H groups in total. The van der Waals surface area contributed by atoms with Crippen LogP contribution in [-0.2, 0) is 33.4 Å². The smallest absolute Gasteiger partial charge is 0.265 e. The number of nitrogens with one attached hydrogen (secondary N) is 2. The summed E-state index contributed by atoms with van der Waals surface area (Å²) in [7, 11) is 1.72. The van der Waals surface area contributed by atoms with Gasteiger partial charge in [0, 0.05) is 137 Å². The number of thiazole rings is 2. The van der Waals surface area contributed by atoms with Gasteiger partial charge in [-0.2, -0.15) is 0 Å². The van der Waals surface area contributed by atoms with Crippen LogP contribution in [0.3, 0.4) is 0 Å². The first-order valence-corrected chi connectivity index (χ1v) is 32.8. The second kappa shape index (κ2) is 23.6. The summed E-state index contributed by atoms with van der Waals surface area (Å²) in [5.41, 5.74) is 1.54. The Morgan fingerprint density at radius 2 is 1.10 bits per heavy atom. The van der Waals surface area contributed by atoms with Crippen LogP contribution in [0.5, 0.6) is 0 Å². The van der Waals surface area contributed by atoms with E-state index in [4.69, 9.17) is 19.4 Å². The van der Waals surface area contributed by atoms with Crippen LogP contribution in [-0.4, -0.2) is 189 Å². The minimum absolute atomic E-state index is 0.0522. The molecule has 2 spiro atoms. The number of hydrogen-bond donors (Lipinski definition) is 3. The molecule has 87 heavy (non-hydrogen) atoms. The molecule has 466 valence electrons. The first-order valence-electron chi connectivity index (χ1n) is 31.1. The van der Waals surface area contributed by atoms with Crippen molar-refractivity contribution in [3.63, 3.8) is 0 Å². The van der Waals surface area contributed by atoms with Gasteiger partial charge in [-0.05, 0) is 101 Å². The first-order chi connectivity index (χ1) is 41.5. The quantitative estimate of drug-likeness (QED) is 0.108. The molecular weight excluding hydrogens is 1150 g/mol. The van der Waals surface area contributed by atoms with Gasteiger partial charge in [0.05, 0.1) is 58.3 Å². The molecule has 2 aliphatic carbocycles. The summed E-state index contributed by atoms with van der Waals surface area (Å²) >= 11 is 2.47. The maximum atomic E-state index is 15.2. The number of hydrogen-bond acceptors (Lipinski definition) is 16. The Bertz CT molecular complexity index is 3250. The van der Waals surface area contributed by atoms with Gasteiger partial charge in [-0.3, -0.25) is 53.5 Å². The van der Waals surface area contributed by atoms with Gasteiger partial charge in [-0.1, -0.05) is 39.8 Å². The Morgan fingerprint density at radius 3 is 1.57 bits per heavy atom. The highest BCUT2D eigenvalue weighted by Gasteiger charge is 2.64. The van der Waals surface area contributed by atoms with E-state index in [-0.39, 0.29) is 104 Å². The monoisotopic (exact) mass is 1230 g/mol. The van der Waals surface area contributed by atoms with Gasteiger partial charge >= 0.3 is 0 Å². The fourth-order valence-electron chi connectivity index (χ4n) is 15.3. The van der Waals surface area contributed by atoms with Gasteiger partial charge in [-0.15, -0.1) is 22.7 Å². The minimum atomic E-state index is -1.41. The fourth-order valence-corrected chi connectivity index (χ4v) is 16.5. The molecule has 2 saturated carbocycles. The Morgan fingerprint density at radius 1 is 0.644 bits per heavy atom. The van der Waals surface area contributed by atoms with Crippen molar-refractivity contribution in [3.8, 4) is 0 Å². The summed E-state index contributed by atoms with van der Waals surface area (Å²) in [4.78, 5) is 130. The third-order valence-electron chi connectivity index (χ3n) is 20.8. The largest absolute Gasteiger partial charge is 0.388 e. The Hall–Kier alpha value is -6.27. The van der Waals surface area contributed by atoms with E-state index >= 15 is 9.59 Å². The summed E-state index contributed by atoms with van der Waals surface area (Å²) in [5, 5.41) is 18.0. The number of likely N-dealkylation sites (tertiary alicyclic amines) is 4. The summed E-state index contributed by atoms with van der Waals surface area (Å²) in [5.74, 6) is -2.53. The molecule has 10 heterocycles. The average molecular weight is 1230 g/mol. The van der Waals surface area contributed by atoms with Gasteiger partial charge < -0.3 is 49.7 Å². The summed E-state index contributed by atoms with van der Waals surface area (Å²) in [6, 6.07) is 9.26. The van der Waals surface area contributed by atoms with Gasteiger partial charge in [-0.25, -0.2) is 0 Å². The van der Waals surface area contributed by atoms with Crippen LogP contribution in [0.2, 0.25) is 0 Å². The average Bonchev–Trinajstić information content (AvgIpc) is 1.65. The highest BCUT2D eigenvalue weighted by molar-refractivity contribution is 7.12. The van der Waals surface area contributed by atoms with E-state index in [0.717, 1.165) is 49.9 Å². The molecule has 23 heteroatoms. The fraction of sp³-hybridized carbons (Fsp3) is 0.641. The van der Waals surface area contributed by atoms with Gasteiger partial charge in [0.1, 0.15) is 9.75 Å². The van der Waals surface area contributed by atoms with Crippen LogP contribution in [0, 0.1) is 51.2 Å². The number of carbonyl (C=O) groups is 7. The molecule has 4 aromatic rings. The molecule has 6 aliphatic heterocycles. The zero-order chi connectivity index (χ0) is 61.4. The molecule has 21 nitrogen and oxygen atoms in total. The van der Waals surface area contributed by atoms with E-state index < -0.39 is 51.2 Å². The van der Waals surface area contributed by atoms with Crippen LogP contribution >= 0.6 is 22.7 Å². The van der Waals surface area contributed by atoms with Crippen LogP contribution in [0.25, 0.3) is 0 Å². The third-order valence-corrected chi connectivity index (χ3v) is 22.3. The van der Waals surface area contributed by atoms with Crippen molar-refractivity contribution >= 4 is 64.0 Å². The summed E-state index contributed by atoms with van der Waals surface area (Å²) in [6.45, 7) is 15.8. The first kappa shape index (κ1) is 61.0. The SMILES string of the molecule is CN(CC1CC1C(C)(C)C(=O)N1CC2(CN(C(=O)c3cncs3)C[C@H]2C(=O)NC(c2cccc(C3CCOCC3)n2)C(C)(C)O)C1)C(=O)C(NC(=O)[C@@H]1CN(C(=O)c2cncs2)CC12CN(C(=O)C(C)(C)C1CC1)C2)c1cccc(C2CCOCC2)n1. The number of carbonyl (C=O) groups excluding carboxylic acids is 7. The van der Waals surface area contributed by atoms with Crippen LogP contribution in [0.1, 0.15) is 153 Å². The molecule has 4 aromatic heterocycles. The molecular formula is C64H83N11O10S2. The maximum Gasteiger partial charge on any atom is 0.265 e. The molecule has 0 radical (unpaired) electrons. The van der Waals surface area contributed by atoms with E-state index in [1.165, 1.54) is 35.1 Å². The second-order valence-corrected chi connectivity index (χ2v) is 29.9. The van der Waals surface area contributed by atoms with E-state index in [9.17, 15) is 29.1 Å². The van der Waals surface area contributed by atoms with E-state index in [0.29, 0.717) is 79.5 Å². The van der Waals surface area contributed by atoms with E-state index in [1.807, 2.05) is 62.9 Å². The zero-order valence-electron chi connectivity index (χ0n) is 51.1. The summed E-state index contributed by atoms with van der Waals surface area (Å²) in [6.07, 6.45) is 8.95. The Kier molecular flexibility index (Phi) is 16.5. The standard InChI is InChI=1S/C64H83N11O10S2/c1-60(2,41-14-15-41)58(81)74-32-63(33-74)30-72(55(78)49-25-65-36-86-49)28-43(63)53(76)69-51(47-12-8-10-45(67-47)38-16-20-84-21-17-38)57(80)71(7)27-40-24-42(40)61(3,4)59(82)75-34-64(35-75)31-73(56(79)50-26-66-37-87-50)29-44(64)54(77)70-52(62(5,6)83)48-13-9-11-46(68-48)39-18-22-85-23-19-39/h8-13,25-26,36-44,51-52,83H,14-24,27-35H2,1-7H3,(H,69,76)(H,70,77)/t40?,42?,43-,44-,51?,52?/m0/s1. The van der Waals surface area contributed by atoms with E-state index in [2.05, 4.69) is 20.6 Å². The molecule has 4 unspecified atom stereocenters. The second-order valence-electron chi connectivity index (χ2n) is 28.1. The van der Waals surface area contributed by atoms with Gasteiger partial charge in [0.15, 0.2) is 6.04 Å². The van der Waals surface area contributed by atoms with Crippen molar-refractivity contribution in [1.29, 1.82) is 0 Å². The Labute approximate surface area is 516 Å². The molecule has 8 fully saturated rings. The Balaban J connectivity index is 0.742. The lowest BCUT2D eigenvalue weighted by Crippen LogP contribution is -2.66. The number of amides is 7. The van der Waals surface area contributed by atoms with Crippen LogP contribution in [0.4, 0.5) is 0 Å². The predicted molar refractivity (Wildman–Crippen MR) is 323 cm³/mol. The highest BCUT2D eigenvalue weighted by Crippen LogP contribution is 2.55. The lowest BCUT2D eigenvalue weighted by atomic mass is 9.69. The lowest BCUT2D eigenvalue weighted by Gasteiger charge is -2.52. The highest BCUT2D eigenvalue weighted by atomic mass is 32.1. The molecule has 6 atom stereocenters. The number of likely N-dealkylation sites (N-methyl/N-ethyl adjacent to an activating group) is 1. The van der Waals surface area contributed by atoms with Gasteiger partial charge in [0.25, 0.3) is 17.7 Å². The zero-order valence-corrected chi connectivity index (χ0v) is 52.7. The summed E-state index contributed by atoms with van der Waals surface area (Å²) < 4.78 is 11.3. The number of aromatic nitrogens is 4. The minimum Gasteiger partial charge on any atom is -0.388 e. The van der Waals surface area contributed by atoms with Crippen LogP contribution < -0.4 is 10.6 Å².